The molecular formula is C13H13NO2. The van der Waals surface area contributed by atoms with Gasteiger partial charge in [0.05, 0.1) is 0 Å². The van der Waals surface area contributed by atoms with Crippen LogP contribution in [0.4, 0.5) is 0 Å². The van der Waals surface area contributed by atoms with Gasteiger partial charge in [-0.2, -0.15) is 0 Å². The van der Waals surface area contributed by atoms with Gasteiger partial charge in [-0.15, -0.1) is 0 Å². The third-order valence-corrected chi connectivity index (χ3v) is 2.70. The first-order chi connectivity index (χ1) is 7.68. The second-order valence-electron chi connectivity index (χ2n) is 3.82. The Balaban J connectivity index is 2.50. The van der Waals surface area contributed by atoms with Crippen LogP contribution in [0.3, 0.4) is 0 Å². The average molecular weight is 215 g/mol. The molecule has 3 nitrogen and oxygen atoms in total. The maximum absolute atomic E-state index is 10.6. The first-order valence-electron chi connectivity index (χ1n) is 5.22. The Hall–Kier alpha value is -1.90. The molecule has 1 aliphatic heterocycles. The van der Waals surface area contributed by atoms with Gasteiger partial charge in [-0.05, 0) is 35.6 Å². The monoisotopic (exact) mass is 215 g/mol. The Kier molecular flexibility index (Phi) is 2.86. The quantitative estimate of drug-likeness (QED) is 0.768. The van der Waals surface area contributed by atoms with E-state index < -0.39 is 5.97 Å². The fraction of sp³-hybridized carbons (Fsp3) is 0.231. The molecule has 1 aromatic rings. The van der Waals surface area contributed by atoms with Gasteiger partial charge >= 0.3 is 5.97 Å². The molecule has 0 unspecified atom stereocenters. The highest BCUT2D eigenvalue weighted by Gasteiger charge is 2.11. The lowest BCUT2D eigenvalue weighted by molar-refractivity contribution is -0.131. The first kappa shape index (κ1) is 10.6. The summed E-state index contributed by atoms with van der Waals surface area (Å²) in [6.07, 6.45) is 3.99. The number of fused-ring (bicyclic) bond motifs is 1. The highest BCUT2D eigenvalue weighted by molar-refractivity contribution is 5.92. The minimum absolute atomic E-state index is 0.782. The zero-order valence-corrected chi connectivity index (χ0v) is 9.10. The maximum Gasteiger partial charge on any atom is 0.328 e. The molecule has 3 heteroatoms. The summed E-state index contributed by atoms with van der Waals surface area (Å²) in [4.78, 5) is 14.9. The average Bonchev–Trinajstić information content (AvgIpc) is 2.27. The van der Waals surface area contributed by atoms with E-state index in [0.29, 0.717) is 0 Å². The van der Waals surface area contributed by atoms with Gasteiger partial charge in [-0.25, -0.2) is 4.79 Å². The van der Waals surface area contributed by atoms with Gasteiger partial charge in [0.1, 0.15) is 0 Å². The number of nitrogens with zero attached hydrogens (tertiary/aromatic N) is 1. The number of aliphatic imine (C=N–C) groups is 1. The Bertz CT molecular complexity index is 487. The van der Waals surface area contributed by atoms with Gasteiger partial charge in [-0.3, -0.25) is 4.99 Å². The molecule has 1 aromatic carbocycles. The van der Waals surface area contributed by atoms with E-state index >= 15 is 0 Å². The molecule has 1 heterocycles. The summed E-state index contributed by atoms with van der Waals surface area (Å²) in [6, 6.07) is 5.91. The van der Waals surface area contributed by atoms with E-state index in [1.54, 1.807) is 0 Å². The minimum Gasteiger partial charge on any atom is -0.478 e. The van der Waals surface area contributed by atoms with Crippen molar-refractivity contribution in [3.63, 3.8) is 0 Å². The lowest BCUT2D eigenvalue weighted by Crippen LogP contribution is -2.06. The fourth-order valence-corrected chi connectivity index (χ4v) is 1.98. The standard InChI is InChI=1S/C13H13NO2/c1-9(7-13(15)16)11-4-2-3-10-8-14-6-5-12(10)11/h2-4,7-8H,5-6H2,1H3,(H,15,16)/b9-7+. The second-order valence-corrected chi connectivity index (χ2v) is 3.82. The third kappa shape index (κ3) is 2.03. The number of benzene rings is 1. The molecule has 0 aromatic heterocycles. The molecule has 0 fully saturated rings. The molecule has 82 valence electrons. The third-order valence-electron chi connectivity index (χ3n) is 2.70. The molecule has 0 aliphatic carbocycles. The van der Waals surface area contributed by atoms with E-state index in [1.165, 1.54) is 11.6 Å². The van der Waals surface area contributed by atoms with Crippen molar-refractivity contribution in [2.45, 2.75) is 13.3 Å². The lowest BCUT2D eigenvalue weighted by Gasteiger charge is -2.15. The molecule has 1 N–H and O–H groups in total. The predicted octanol–water partition coefficient (Wildman–Crippen LogP) is 2.15. The van der Waals surface area contributed by atoms with Crippen LogP contribution in [0.5, 0.6) is 0 Å². The summed E-state index contributed by atoms with van der Waals surface area (Å²) in [7, 11) is 0. The van der Waals surface area contributed by atoms with E-state index in [4.69, 9.17) is 5.11 Å². The summed E-state index contributed by atoms with van der Waals surface area (Å²) in [5.74, 6) is -0.903. The number of rotatable bonds is 2. The SMILES string of the molecule is C/C(=C\C(=O)O)c1cccc2c1CCN=C2. The smallest absolute Gasteiger partial charge is 0.328 e. The number of carboxylic acid groups (broad SMARTS) is 1. The Morgan fingerprint density at radius 3 is 3.06 bits per heavy atom. The molecule has 2 rings (SSSR count). The van der Waals surface area contributed by atoms with Crippen molar-refractivity contribution in [2.75, 3.05) is 6.54 Å². The number of carboxylic acids is 1. The zero-order chi connectivity index (χ0) is 11.5. The topological polar surface area (TPSA) is 49.7 Å². The number of aliphatic carboxylic acids is 1. The molecule has 0 bridgehead atoms. The predicted molar refractivity (Wildman–Crippen MR) is 63.9 cm³/mol. The minimum atomic E-state index is -0.903. The first-order valence-corrected chi connectivity index (χ1v) is 5.22. The van der Waals surface area contributed by atoms with Crippen molar-refractivity contribution in [3.05, 3.63) is 41.0 Å². The van der Waals surface area contributed by atoms with Gasteiger partial charge in [-0.1, -0.05) is 18.2 Å². The number of hydrogen-bond donors (Lipinski definition) is 1. The van der Waals surface area contributed by atoms with Gasteiger partial charge in [0.25, 0.3) is 0 Å². The summed E-state index contributed by atoms with van der Waals surface area (Å²) < 4.78 is 0. The normalized spacial score (nSPS) is 14.7. The maximum atomic E-state index is 10.6. The highest BCUT2D eigenvalue weighted by atomic mass is 16.4. The molecule has 0 radical (unpaired) electrons. The van der Waals surface area contributed by atoms with E-state index in [9.17, 15) is 4.79 Å². The summed E-state index contributed by atoms with van der Waals surface area (Å²) >= 11 is 0. The summed E-state index contributed by atoms with van der Waals surface area (Å²) in [5, 5.41) is 8.75. The van der Waals surface area contributed by atoms with Crippen LogP contribution in [0.1, 0.15) is 23.6 Å². The van der Waals surface area contributed by atoms with Crippen LogP contribution in [0.25, 0.3) is 5.57 Å². The van der Waals surface area contributed by atoms with Crippen molar-refractivity contribution in [1.29, 1.82) is 0 Å². The molecule has 16 heavy (non-hydrogen) atoms. The van der Waals surface area contributed by atoms with Gasteiger partial charge in [0, 0.05) is 18.8 Å². The Labute approximate surface area is 94.1 Å². The number of allylic oxidation sites excluding steroid dienone is 1. The van der Waals surface area contributed by atoms with E-state index in [-0.39, 0.29) is 0 Å². The fourth-order valence-electron chi connectivity index (χ4n) is 1.98. The molecule has 1 aliphatic rings. The van der Waals surface area contributed by atoms with Crippen molar-refractivity contribution in [1.82, 2.24) is 0 Å². The van der Waals surface area contributed by atoms with Crippen LogP contribution in [-0.2, 0) is 11.2 Å². The van der Waals surface area contributed by atoms with Gasteiger partial charge in [0.15, 0.2) is 0 Å². The molecule has 0 saturated heterocycles. The second kappa shape index (κ2) is 4.31. The molecule has 0 amide bonds. The zero-order valence-electron chi connectivity index (χ0n) is 9.10. The molecule has 0 saturated carbocycles. The Morgan fingerprint density at radius 2 is 2.31 bits per heavy atom. The number of hydrogen-bond acceptors (Lipinski definition) is 2. The van der Waals surface area contributed by atoms with Crippen LogP contribution in [0, 0.1) is 0 Å². The molecule has 0 spiro atoms. The highest BCUT2D eigenvalue weighted by Crippen LogP contribution is 2.23. The van der Waals surface area contributed by atoms with Gasteiger partial charge in [0.2, 0.25) is 0 Å². The largest absolute Gasteiger partial charge is 0.478 e. The summed E-state index contributed by atoms with van der Waals surface area (Å²) in [6.45, 7) is 2.61. The summed E-state index contributed by atoms with van der Waals surface area (Å²) in [5.41, 5.74) is 4.11. The molecular weight excluding hydrogens is 202 g/mol. The van der Waals surface area contributed by atoms with Crippen molar-refractivity contribution >= 4 is 17.8 Å². The molecule has 0 atom stereocenters. The van der Waals surface area contributed by atoms with Crippen LogP contribution in [0.15, 0.2) is 29.3 Å². The van der Waals surface area contributed by atoms with Crippen molar-refractivity contribution in [2.24, 2.45) is 4.99 Å². The van der Waals surface area contributed by atoms with Crippen LogP contribution in [0.2, 0.25) is 0 Å². The van der Waals surface area contributed by atoms with Crippen LogP contribution in [-0.4, -0.2) is 23.8 Å². The van der Waals surface area contributed by atoms with Crippen molar-refractivity contribution in [3.8, 4) is 0 Å². The van der Waals surface area contributed by atoms with E-state index in [2.05, 4.69) is 4.99 Å². The van der Waals surface area contributed by atoms with Gasteiger partial charge < -0.3 is 5.11 Å². The lowest BCUT2D eigenvalue weighted by atomic mass is 9.93. The van der Waals surface area contributed by atoms with Crippen molar-refractivity contribution < 1.29 is 9.90 Å². The van der Waals surface area contributed by atoms with Crippen LogP contribution < -0.4 is 0 Å². The van der Waals surface area contributed by atoms with E-state index in [1.807, 2.05) is 31.3 Å². The van der Waals surface area contributed by atoms with Crippen LogP contribution >= 0.6 is 0 Å². The van der Waals surface area contributed by atoms with E-state index in [0.717, 1.165) is 29.7 Å². The Morgan fingerprint density at radius 1 is 1.50 bits per heavy atom. The number of carbonyl (C=O) groups is 1.